The summed E-state index contributed by atoms with van der Waals surface area (Å²) in [4.78, 5) is 10.6. The fourth-order valence-corrected chi connectivity index (χ4v) is 2.51. The summed E-state index contributed by atoms with van der Waals surface area (Å²) in [5.41, 5.74) is 9.81. The first-order valence-corrected chi connectivity index (χ1v) is 7.84. The van der Waals surface area contributed by atoms with Gasteiger partial charge in [-0.05, 0) is 42.3 Å². The summed E-state index contributed by atoms with van der Waals surface area (Å²) in [6.45, 7) is 0. The highest BCUT2D eigenvalue weighted by Gasteiger charge is 2.06. The van der Waals surface area contributed by atoms with E-state index < -0.39 is 5.97 Å². The van der Waals surface area contributed by atoms with Crippen LogP contribution in [-0.2, 0) is 11.2 Å². The van der Waals surface area contributed by atoms with Gasteiger partial charge in [0.2, 0.25) is 0 Å². The second-order valence-electron chi connectivity index (χ2n) is 5.70. The van der Waals surface area contributed by atoms with Crippen molar-refractivity contribution in [2.45, 2.75) is 12.8 Å². The van der Waals surface area contributed by atoms with Crippen LogP contribution < -0.4 is 5.73 Å². The van der Waals surface area contributed by atoms with Crippen molar-refractivity contribution in [3.8, 4) is 16.9 Å². The van der Waals surface area contributed by atoms with Crippen molar-refractivity contribution in [1.82, 2.24) is 9.78 Å². The number of rotatable bonds is 6. The Kier molecular flexibility index (Phi) is 4.61. The molecule has 0 radical (unpaired) electrons. The smallest absolute Gasteiger partial charge is 0.303 e. The highest BCUT2D eigenvalue weighted by molar-refractivity contribution is 5.95. The highest BCUT2D eigenvalue weighted by Crippen LogP contribution is 2.20. The van der Waals surface area contributed by atoms with Crippen LogP contribution in [-0.4, -0.2) is 26.7 Å². The van der Waals surface area contributed by atoms with Crippen molar-refractivity contribution in [2.75, 3.05) is 0 Å². The third kappa shape index (κ3) is 3.92. The van der Waals surface area contributed by atoms with E-state index in [0.29, 0.717) is 12.0 Å². The van der Waals surface area contributed by atoms with Crippen LogP contribution in [0.15, 0.2) is 60.8 Å². The number of carboxylic acids is 1. The number of hydrogen-bond donors (Lipinski definition) is 3. The van der Waals surface area contributed by atoms with E-state index in [4.69, 9.17) is 16.2 Å². The molecule has 1 heterocycles. The number of carbonyl (C=O) groups is 1. The van der Waals surface area contributed by atoms with Crippen LogP contribution in [0.4, 0.5) is 0 Å². The van der Waals surface area contributed by atoms with Gasteiger partial charge in [0.1, 0.15) is 5.84 Å². The molecule has 0 unspecified atom stereocenters. The zero-order valence-electron chi connectivity index (χ0n) is 13.5. The monoisotopic (exact) mass is 334 g/mol. The van der Waals surface area contributed by atoms with Crippen molar-refractivity contribution >= 4 is 11.8 Å². The normalized spacial score (nSPS) is 10.6. The molecule has 2 aromatic carbocycles. The van der Waals surface area contributed by atoms with Crippen LogP contribution in [0.3, 0.4) is 0 Å². The molecule has 6 nitrogen and oxygen atoms in total. The lowest BCUT2D eigenvalue weighted by atomic mass is 10.1. The highest BCUT2D eigenvalue weighted by atomic mass is 16.4. The summed E-state index contributed by atoms with van der Waals surface area (Å²) < 4.78 is 1.76. The summed E-state index contributed by atoms with van der Waals surface area (Å²) in [5.74, 6) is -0.755. The summed E-state index contributed by atoms with van der Waals surface area (Å²) in [6.07, 6.45) is 2.52. The molecular formula is C19H18N4O2. The second-order valence-corrected chi connectivity index (χ2v) is 5.70. The molecule has 6 heteroatoms. The summed E-state index contributed by atoms with van der Waals surface area (Å²) in [5, 5.41) is 20.7. The van der Waals surface area contributed by atoms with Crippen LogP contribution in [0.1, 0.15) is 17.5 Å². The van der Waals surface area contributed by atoms with Crippen LogP contribution in [0.25, 0.3) is 16.9 Å². The topological polar surface area (TPSA) is 105 Å². The molecule has 0 aliphatic heterocycles. The van der Waals surface area contributed by atoms with Crippen LogP contribution in [0.2, 0.25) is 0 Å². The Morgan fingerprint density at radius 1 is 1.08 bits per heavy atom. The summed E-state index contributed by atoms with van der Waals surface area (Å²) in [7, 11) is 0. The van der Waals surface area contributed by atoms with Gasteiger partial charge >= 0.3 is 5.97 Å². The van der Waals surface area contributed by atoms with Gasteiger partial charge < -0.3 is 10.8 Å². The largest absolute Gasteiger partial charge is 0.481 e. The molecule has 0 aliphatic carbocycles. The zero-order chi connectivity index (χ0) is 17.8. The minimum Gasteiger partial charge on any atom is -0.481 e. The third-order valence-electron chi connectivity index (χ3n) is 3.91. The van der Waals surface area contributed by atoms with E-state index in [1.54, 1.807) is 16.8 Å². The van der Waals surface area contributed by atoms with Gasteiger partial charge in [0.05, 0.1) is 11.4 Å². The van der Waals surface area contributed by atoms with Gasteiger partial charge in [0.25, 0.3) is 0 Å². The lowest BCUT2D eigenvalue weighted by Gasteiger charge is -2.04. The first-order chi connectivity index (χ1) is 12.0. The molecule has 0 fully saturated rings. The van der Waals surface area contributed by atoms with E-state index in [0.717, 1.165) is 22.5 Å². The number of aliphatic carboxylic acids is 1. The first-order valence-electron chi connectivity index (χ1n) is 7.84. The molecule has 0 saturated carbocycles. The van der Waals surface area contributed by atoms with E-state index in [-0.39, 0.29) is 12.3 Å². The van der Waals surface area contributed by atoms with E-state index in [1.165, 1.54) is 0 Å². The number of amidine groups is 1. The molecule has 3 rings (SSSR count). The van der Waals surface area contributed by atoms with E-state index in [2.05, 4.69) is 5.10 Å². The molecule has 0 bridgehead atoms. The molecule has 3 aromatic rings. The Morgan fingerprint density at radius 2 is 1.76 bits per heavy atom. The Bertz CT molecular complexity index is 896. The third-order valence-corrected chi connectivity index (χ3v) is 3.91. The van der Waals surface area contributed by atoms with E-state index >= 15 is 0 Å². The van der Waals surface area contributed by atoms with Crippen molar-refractivity contribution in [2.24, 2.45) is 5.73 Å². The Balaban J connectivity index is 1.76. The zero-order valence-corrected chi connectivity index (χ0v) is 13.5. The number of aromatic nitrogens is 2. The molecule has 0 saturated heterocycles. The lowest BCUT2D eigenvalue weighted by Crippen LogP contribution is -2.10. The lowest BCUT2D eigenvalue weighted by molar-refractivity contribution is -0.136. The van der Waals surface area contributed by atoms with Crippen molar-refractivity contribution < 1.29 is 9.90 Å². The molecule has 0 spiro atoms. The average Bonchev–Trinajstić information content (AvgIpc) is 3.10. The van der Waals surface area contributed by atoms with Gasteiger partial charge in [-0.15, -0.1) is 0 Å². The minimum absolute atomic E-state index is 0.0377. The van der Waals surface area contributed by atoms with Crippen molar-refractivity contribution in [3.63, 3.8) is 0 Å². The standard InChI is InChI=1S/C19H18N4O2/c20-19(21)15-6-8-16(9-7-15)23-12-11-17(22-23)14-4-1-13(2-5-14)3-10-18(24)25/h1-2,4-9,11-12H,3,10H2,(H3,20,21)(H,24,25). The molecule has 4 N–H and O–H groups in total. The number of nitrogens with one attached hydrogen (secondary N) is 1. The van der Waals surface area contributed by atoms with Gasteiger partial charge in [-0.1, -0.05) is 24.3 Å². The first kappa shape index (κ1) is 16.4. The quantitative estimate of drug-likeness (QED) is 0.476. The van der Waals surface area contributed by atoms with Crippen LogP contribution in [0, 0.1) is 5.41 Å². The van der Waals surface area contributed by atoms with Crippen LogP contribution in [0.5, 0.6) is 0 Å². The number of carboxylic acid groups (broad SMARTS) is 1. The molecule has 0 amide bonds. The van der Waals surface area contributed by atoms with Gasteiger partial charge in [-0.3, -0.25) is 10.2 Å². The molecule has 0 atom stereocenters. The van der Waals surface area contributed by atoms with E-state index in [1.807, 2.05) is 48.7 Å². The Hall–Kier alpha value is -3.41. The van der Waals surface area contributed by atoms with Crippen LogP contribution >= 0.6 is 0 Å². The minimum atomic E-state index is -0.793. The van der Waals surface area contributed by atoms with Gasteiger partial charge in [0, 0.05) is 23.7 Å². The summed E-state index contributed by atoms with van der Waals surface area (Å²) >= 11 is 0. The van der Waals surface area contributed by atoms with Gasteiger partial charge in [0.15, 0.2) is 0 Å². The second kappa shape index (κ2) is 7.00. The number of benzene rings is 2. The number of nitrogens with two attached hydrogens (primary N) is 1. The molecule has 1 aromatic heterocycles. The van der Waals surface area contributed by atoms with Crippen molar-refractivity contribution in [3.05, 3.63) is 71.9 Å². The predicted molar refractivity (Wildman–Crippen MR) is 96.0 cm³/mol. The maximum Gasteiger partial charge on any atom is 0.303 e. The number of hydrogen-bond acceptors (Lipinski definition) is 3. The predicted octanol–water partition coefficient (Wildman–Crippen LogP) is 2.84. The number of aryl methyl sites for hydroxylation is 1. The number of nitrogens with zero attached hydrogens (tertiary/aromatic N) is 2. The van der Waals surface area contributed by atoms with Gasteiger partial charge in [-0.2, -0.15) is 5.10 Å². The maximum absolute atomic E-state index is 10.6. The molecule has 0 aliphatic rings. The van der Waals surface area contributed by atoms with E-state index in [9.17, 15) is 4.79 Å². The SMILES string of the molecule is N=C(N)c1ccc(-n2ccc(-c3ccc(CCC(=O)O)cc3)n2)cc1. The summed E-state index contributed by atoms with van der Waals surface area (Å²) in [6, 6.07) is 17.0. The number of nitrogen functional groups attached to an aromatic ring is 1. The maximum atomic E-state index is 10.6. The fraction of sp³-hybridized carbons (Fsp3) is 0.105. The molecular weight excluding hydrogens is 316 g/mol. The van der Waals surface area contributed by atoms with Gasteiger partial charge in [-0.25, -0.2) is 4.68 Å². The molecule has 25 heavy (non-hydrogen) atoms. The average molecular weight is 334 g/mol. The van der Waals surface area contributed by atoms with Crippen molar-refractivity contribution in [1.29, 1.82) is 5.41 Å². The Morgan fingerprint density at radius 3 is 2.36 bits per heavy atom. The Labute approximate surface area is 145 Å². The molecule has 126 valence electrons. The fourth-order valence-electron chi connectivity index (χ4n) is 2.51.